The predicted octanol–water partition coefficient (Wildman–Crippen LogP) is 3.64. The molecule has 0 fully saturated rings. The molecule has 34 heavy (non-hydrogen) atoms. The molecule has 1 heterocycles. The third-order valence-electron chi connectivity index (χ3n) is 4.61. The third-order valence-corrected chi connectivity index (χ3v) is 4.61. The van der Waals surface area contributed by atoms with Gasteiger partial charge in [0.15, 0.2) is 0 Å². The molecular formula is C24H28FN5O4. The largest absolute Gasteiger partial charge is 0.491 e. The molecule has 0 saturated heterocycles. The smallest absolute Gasteiger partial charge is 0.313 e. The summed E-state index contributed by atoms with van der Waals surface area (Å²) >= 11 is 0. The van der Waals surface area contributed by atoms with Crippen molar-refractivity contribution in [3.8, 4) is 5.75 Å². The van der Waals surface area contributed by atoms with Crippen LogP contribution < -0.4 is 20.7 Å². The van der Waals surface area contributed by atoms with Crippen LogP contribution in [0.5, 0.6) is 5.75 Å². The summed E-state index contributed by atoms with van der Waals surface area (Å²) in [5.74, 6) is -1.36. The first-order chi connectivity index (χ1) is 16.2. The Morgan fingerprint density at radius 3 is 2.38 bits per heavy atom. The SMILES string of the molecule is COCCOc1cc(F)c2c(Nc3ccc(NC(=O)C(=O)NCC(C)(C)C)cc3)ncnc2c1. The van der Waals surface area contributed by atoms with E-state index in [2.05, 4.69) is 25.9 Å². The van der Waals surface area contributed by atoms with Crippen LogP contribution in [0.1, 0.15) is 20.8 Å². The quantitative estimate of drug-likeness (QED) is 0.341. The van der Waals surface area contributed by atoms with Crippen molar-refractivity contribution < 1.29 is 23.5 Å². The minimum Gasteiger partial charge on any atom is -0.491 e. The van der Waals surface area contributed by atoms with Gasteiger partial charge in [-0.1, -0.05) is 20.8 Å². The summed E-state index contributed by atoms with van der Waals surface area (Å²) in [7, 11) is 1.56. The van der Waals surface area contributed by atoms with E-state index in [0.29, 0.717) is 42.4 Å². The maximum Gasteiger partial charge on any atom is 0.313 e. The van der Waals surface area contributed by atoms with Crippen molar-refractivity contribution in [3.63, 3.8) is 0 Å². The van der Waals surface area contributed by atoms with Gasteiger partial charge in [0, 0.05) is 37.2 Å². The van der Waals surface area contributed by atoms with Crippen molar-refractivity contribution in [2.45, 2.75) is 20.8 Å². The summed E-state index contributed by atoms with van der Waals surface area (Å²) in [6.07, 6.45) is 1.33. The van der Waals surface area contributed by atoms with Gasteiger partial charge in [-0.2, -0.15) is 0 Å². The molecule has 0 bridgehead atoms. The number of benzene rings is 2. The summed E-state index contributed by atoms with van der Waals surface area (Å²) in [4.78, 5) is 32.3. The molecule has 3 rings (SSSR count). The number of fused-ring (bicyclic) bond motifs is 1. The zero-order valence-corrected chi connectivity index (χ0v) is 19.6. The minimum atomic E-state index is -0.752. The second kappa shape index (κ2) is 10.9. The van der Waals surface area contributed by atoms with Gasteiger partial charge in [-0.05, 0) is 29.7 Å². The lowest BCUT2D eigenvalue weighted by Crippen LogP contribution is -2.39. The van der Waals surface area contributed by atoms with Gasteiger partial charge in [0.05, 0.1) is 17.5 Å². The number of rotatable bonds is 8. The first-order valence-corrected chi connectivity index (χ1v) is 10.7. The number of anilines is 3. The predicted molar refractivity (Wildman–Crippen MR) is 128 cm³/mol. The monoisotopic (exact) mass is 469 g/mol. The first-order valence-electron chi connectivity index (χ1n) is 10.7. The number of methoxy groups -OCH3 is 1. The standard InChI is InChI=1S/C24H28FN5O4/c1-24(2,3)13-26-22(31)23(32)30-16-7-5-15(6-8-16)29-21-20-18(25)11-17(34-10-9-33-4)12-19(20)27-14-28-21/h5-8,11-12,14H,9-10,13H2,1-4H3,(H,26,31)(H,30,32)(H,27,28,29). The Labute approximate surface area is 197 Å². The zero-order valence-electron chi connectivity index (χ0n) is 19.6. The van der Waals surface area contributed by atoms with Crippen LogP contribution in [-0.4, -0.2) is 48.7 Å². The molecule has 0 saturated carbocycles. The summed E-state index contributed by atoms with van der Waals surface area (Å²) in [5, 5.41) is 8.42. The number of nitrogens with zero attached hydrogens (tertiary/aromatic N) is 2. The van der Waals surface area contributed by atoms with Gasteiger partial charge in [0.25, 0.3) is 0 Å². The number of carbonyl (C=O) groups is 2. The van der Waals surface area contributed by atoms with Gasteiger partial charge in [0.2, 0.25) is 0 Å². The lowest BCUT2D eigenvalue weighted by Gasteiger charge is -2.18. The fraction of sp³-hybridized carbons (Fsp3) is 0.333. The maximum absolute atomic E-state index is 14.8. The van der Waals surface area contributed by atoms with E-state index in [4.69, 9.17) is 9.47 Å². The Kier molecular flexibility index (Phi) is 7.95. The van der Waals surface area contributed by atoms with Gasteiger partial charge >= 0.3 is 11.8 Å². The van der Waals surface area contributed by atoms with Crippen molar-refractivity contribution in [3.05, 3.63) is 48.5 Å². The molecule has 0 radical (unpaired) electrons. The summed E-state index contributed by atoms with van der Waals surface area (Å²) in [5.41, 5.74) is 1.30. The number of halogens is 1. The molecule has 2 aromatic carbocycles. The highest BCUT2D eigenvalue weighted by Gasteiger charge is 2.18. The fourth-order valence-corrected chi connectivity index (χ4v) is 2.93. The van der Waals surface area contributed by atoms with Crippen molar-refractivity contribution in [2.24, 2.45) is 5.41 Å². The summed E-state index contributed by atoms with van der Waals surface area (Å²) in [6, 6.07) is 9.51. The van der Waals surface area contributed by atoms with E-state index in [1.165, 1.54) is 12.4 Å². The van der Waals surface area contributed by atoms with Crippen LogP contribution in [0, 0.1) is 11.2 Å². The molecule has 0 aliphatic carbocycles. The maximum atomic E-state index is 14.8. The number of aromatic nitrogens is 2. The minimum absolute atomic E-state index is 0.132. The number of amides is 2. The van der Waals surface area contributed by atoms with E-state index in [9.17, 15) is 14.0 Å². The van der Waals surface area contributed by atoms with E-state index < -0.39 is 17.6 Å². The highest BCUT2D eigenvalue weighted by atomic mass is 19.1. The Balaban J connectivity index is 1.68. The highest BCUT2D eigenvalue weighted by molar-refractivity contribution is 6.39. The van der Waals surface area contributed by atoms with Crippen LogP contribution in [0.2, 0.25) is 0 Å². The van der Waals surface area contributed by atoms with E-state index >= 15 is 0 Å². The number of hydrogen-bond donors (Lipinski definition) is 3. The van der Waals surface area contributed by atoms with Crippen molar-refractivity contribution in [1.29, 1.82) is 0 Å². The van der Waals surface area contributed by atoms with E-state index in [1.54, 1.807) is 37.4 Å². The number of nitrogens with one attached hydrogen (secondary N) is 3. The topological polar surface area (TPSA) is 114 Å². The molecule has 0 unspecified atom stereocenters. The Morgan fingerprint density at radius 2 is 1.71 bits per heavy atom. The molecule has 0 atom stereocenters. The van der Waals surface area contributed by atoms with E-state index in [0.717, 1.165) is 0 Å². The Bertz CT molecular complexity index is 1160. The van der Waals surface area contributed by atoms with Gasteiger partial charge in [-0.15, -0.1) is 0 Å². The third kappa shape index (κ3) is 6.85. The van der Waals surface area contributed by atoms with Crippen LogP contribution in [0.4, 0.5) is 21.6 Å². The summed E-state index contributed by atoms with van der Waals surface area (Å²) in [6.45, 7) is 6.93. The van der Waals surface area contributed by atoms with Gasteiger partial charge in [0.1, 0.15) is 30.3 Å². The Morgan fingerprint density at radius 1 is 1.00 bits per heavy atom. The first kappa shape index (κ1) is 24.8. The zero-order chi connectivity index (χ0) is 24.7. The van der Waals surface area contributed by atoms with E-state index in [1.807, 2.05) is 20.8 Å². The number of hydrogen-bond acceptors (Lipinski definition) is 7. The second-order valence-electron chi connectivity index (χ2n) is 8.76. The van der Waals surface area contributed by atoms with Crippen molar-refractivity contribution >= 4 is 39.9 Å². The number of carbonyl (C=O) groups excluding carboxylic acids is 2. The molecule has 2 amide bonds. The molecular weight excluding hydrogens is 441 g/mol. The molecule has 3 N–H and O–H groups in total. The highest BCUT2D eigenvalue weighted by Crippen LogP contribution is 2.29. The summed E-state index contributed by atoms with van der Waals surface area (Å²) < 4.78 is 25.2. The van der Waals surface area contributed by atoms with Crippen molar-refractivity contribution in [1.82, 2.24) is 15.3 Å². The molecule has 10 heteroatoms. The average molecular weight is 470 g/mol. The van der Waals surface area contributed by atoms with E-state index in [-0.39, 0.29) is 16.6 Å². The molecule has 0 aliphatic rings. The van der Waals surface area contributed by atoms with Crippen LogP contribution in [-0.2, 0) is 14.3 Å². The normalized spacial score (nSPS) is 11.2. The van der Waals surface area contributed by atoms with Crippen LogP contribution >= 0.6 is 0 Å². The number of ether oxygens (including phenoxy) is 2. The fourth-order valence-electron chi connectivity index (χ4n) is 2.93. The van der Waals surface area contributed by atoms with Crippen LogP contribution in [0.25, 0.3) is 10.9 Å². The lowest BCUT2D eigenvalue weighted by atomic mass is 9.97. The Hall–Kier alpha value is -3.79. The van der Waals surface area contributed by atoms with Gasteiger partial charge < -0.3 is 25.4 Å². The molecule has 3 aromatic rings. The molecule has 1 aromatic heterocycles. The molecule has 9 nitrogen and oxygen atoms in total. The lowest BCUT2D eigenvalue weighted by molar-refractivity contribution is -0.136. The molecule has 0 aliphatic heterocycles. The molecule has 180 valence electrons. The van der Waals surface area contributed by atoms with Crippen molar-refractivity contribution in [2.75, 3.05) is 37.5 Å². The van der Waals surface area contributed by atoms with Gasteiger partial charge in [-0.25, -0.2) is 14.4 Å². The van der Waals surface area contributed by atoms with Gasteiger partial charge in [-0.3, -0.25) is 9.59 Å². The van der Waals surface area contributed by atoms with Crippen LogP contribution in [0.3, 0.4) is 0 Å². The molecule has 0 spiro atoms. The average Bonchev–Trinajstić information content (AvgIpc) is 2.78. The second-order valence-corrected chi connectivity index (χ2v) is 8.76. The van der Waals surface area contributed by atoms with Crippen LogP contribution in [0.15, 0.2) is 42.7 Å².